The Labute approximate surface area is 205 Å². The van der Waals surface area contributed by atoms with Gasteiger partial charge in [0, 0.05) is 36.6 Å². The molecular weight excluding hydrogens is 438 g/mol. The van der Waals surface area contributed by atoms with Crippen molar-refractivity contribution in [3.63, 3.8) is 0 Å². The quantitative estimate of drug-likeness (QED) is 0.399. The first kappa shape index (κ1) is 23.4. The molecule has 8 heteroatoms. The maximum Gasteiger partial charge on any atom is 0.252 e. The summed E-state index contributed by atoms with van der Waals surface area (Å²) < 4.78 is 2.04. The minimum absolute atomic E-state index is 0.0570. The van der Waals surface area contributed by atoms with Crippen LogP contribution in [0.15, 0.2) is 53.6 Å². The van der Waals surface area contributed by atoms with Crippen molar-refractivity contribution in [2.75, 3.05) is 0 Å². The number of H-pyrrole nitrogens is 1. The van der Waals surface area contributed by atoms with Gasteiger partial charge in [0.2, 0.25) is 0 Å². The van der Waals surface area contributed by atoms with Gasteiger partial charge < -0.3 is 4.98 Å². The van der Waals surface area contributed by atoms with Gasteiger partial charge in [-0.2, -0.15) is 0 Å². The molecule has 0 spiro atoms. The number of hydrogen-bond donors (Lipinski definition) is 1. The molecule has 0 radical (unpaired) electrons. The Morgan fingerprint density at radius 3 is 2.71 bits per heavy atom. The molecule has 1 fully saturated rings. The maximum atomic E-state index is 13.1. The fraction of sp³-hybridized carbons (Fsp3) is 0.444. The van der Waals surface area contributed by atoms with E-state index in [-0.39, 0.29) is 17.5 Å². The van der Waals surface area contributed by atoms with Gasteiger partial charge in [0.25, 0.3) is 5.56 Å². The average molecular weight is 472 g/mol. The predicted molar refractivity (Wildman–Crippen MR) is 136 cm³/mol. The molecule has 0 saturated heterocycles. The molecule has 8 nitrogen and oxygen atoms in total. The number of hydrogen-bond acceptors (Lipinski definition) is 6. The van der Waals surface area contributed by atoms with Crippen molar-refractivity contribution in [3.05, 3.63) is 81.7 Å². The Bertz CT molecular complexity index is 1340. The van der Waals surface area contributed by atoms with Crippen LogP contribution in [0.4, 0.5) is 0 Å². The number of aromatic amines is 1. The van der Waals surface area contributed by atoms with E-state index in [9.17, 15) is 4.79 Å². The molecule has 4 aromatic rings. The summed E-state index contributed by atoms with van der Waals surface area (Å²) in [6.45, 7) is 7.58. The van der Waals surface area contributed by atoms with Gasteiger partial charge in [-0.25, -0.2) is 4.68 Å². The summed E-state index contributed by atoms with van der Waals surface area (Å²) >= 11 is 0. The van der Waals surface area contributed by atoms with Gasteiger partial charge in [-0.1, -0.05) is 44.4 Å². The Hall–Kier alpha value is -3.39. The SMILES string of the molecule is Cc1ccc2[nH]c(=O)c(CN(Cc3cccnc3)[C@@H](c3nnnn3C3CCCC3)C(C)C)cc2c1. The third kappa shape index (κ3) is 5.03. The van der Waals surface area contributed by atoms with Gasteiger partial charge in [-0.3, -0.25) is 14.7 Å². The molecule has 0 amide bonds. The Kier molecular flexibility index (Phi) is 6.72. The fourth-order valence-electron chi connectivity index (χ4n) is 5.37. The zero-order chi connectivity index (χ0) is 24.4. The monoisotopic (exact) mass is 471 g/mol. The van der Waals surface area contributed by atoms with Crippen molar-refractivity contribution in [1.29, 1.82) is 0 Å². The van der Waals surface area contributed by atoms with Crippen LogP contribution in [0, 0.1) is 12.8 Å². The second-order valence-electron chi connectivity index (χ2n) is 10.1. The Morgan fingerprint density at radius 1 is 1.14 bits per heavy atom. The Balaban J connectivity index is 1.56. The summed E-state index contributed by atoms with van der Waals surface area (Å²) in [5.41, 5.74) is 3.78. The molecule has 1 aliphatic rings. The minimum atomic E-state index is -0.0598. The number of tetrazole rings is 1. The number of fused-ring (bicyclic) bond motifs is 1. The molecule has 0 unspecified atom stereocenters. The van der Waals surface area contributed by atoms with Crippen molar-refractivity contribution < 1.29 is 0 Å². The molecule has 5 rings (SSSR count). The summed E-state index contributed by atoms with van der Waals surface area (Å²) in [7, 11) is 0. The van der Waals surface area contributed by atoms with Crippen LogP contribution >= 0.6 is 0 Å². The molecule has 0 bridgehead atoms. The normalized spacial score (nSPS) is 15.5. The third-order valence-electron chi connectivity index (χ3n) is 7.04. The summed E-state index contributed by atoms with van der Waals surface area (Å²) in [6.07, 6.45) is 8.30. The molecule has 0 aliphatic heterocycles. The van der Waals surface area contributed by atoms with Crippen molar-refractivity contribution in [1.82, 2.24) is 35.1 Å². The van der Waals surface area contributed by atoms with E-state index in [1.165, 1.54) is 18.4 Å². The van der Waals surface area contributed by atoms with E-state index in [4.69, 9.17) is 0 Å². The smallest absolute Gasteiger partial charge is 0.252 e. The van der Waals surface area contributed by atoms with Crippen molar-refractivity contribution in [2.45, 2.75) is 71.6 Å². The van der Waals surface area contributed by atoms with Gasteiger partial charge in [0.05, 0.1) is 12.1 Å². The van der Waals surface area contributed by atoms with E-state index in [0.717, 1.165) is 40.7 Å². The minimum Gasteiger partial charge on any atom is -0.322 e. The number of aryl methyl sites for hydroxylation is 1. The van der Waals surface area contributed by atoms with Crippen LogP contribution in [0.2, 0.25) is 0 Å². The van der Waals surface area contributed by atoms with E-state index in [1.807, 2.05) is 35.1 Å². The van der Waals surface area contributed by atoms with Crippen LogP contribution in [-0.2, 0) is 13.1 Å². The van der Waals surface area contributed by atoms with E-state index in [2.05, 4.69) is 63.3 Å². The first-order valence-electron chi connectivity index (χ1n) is 12.5. The number of nitrogens with one attached hydrogen (secondary N) is 1. The number of rotatable bonds is 8. The number of pyridine rings is 2. The highest BCUT2D eigenvalue weighted by molar-refractivity contribution is 5.79. The fourth-order valence-corrected chi connectivity index (χ4v) is 5.37. The van der Waals surface area contributed by atoms with Crippen LogP contribution in [0.1, 0.15) is 74.1 Å². The van der Waals surface area contributed by atoms with Gasteiger partial charge in [0.15, 0.2) is 5.82 Å². The highest BCUT2D eigenvalue weighted by Crippen LogP contribution is 2.35. The lowest BCUT2D eigenvalue weighted by Crippen LogP contribution is -2.35. The zero-order valence-electron chi connectivity index (χ0n) is 20.7. The molecule has 3 heterocycles. The van der Waals surface area contributed by atoms with E-state index in [1.54, 1.807) is 6.20 Å². The molecule has 182 valence electrons. The van der Waals surface area contributed by atoms with Crippen molar-refractivity contribution in [2.24, 2.45) is 5.92 Å². The molecule has 35 heavy (non-hydrogen) atoms. The van der Waals surface area contributed by atoms with Crippen LogP contribution in [0.3, 0.4) is 0 Å². The summed E-state index contributed by atoms with van der Waals surface area (Å²) in [5.74, 6) is 1.11. The summed E-state index contributed by atoms with van der Waals surface area (Å²) in [5, 5.41) is 14.1. The maximum absolute atomic E-state index is 13.1. The van der Waals surface area contributed by atoms with Crippen LogP contribution in [0.25, 0.3) is 10.9 Å². The molecular formula is C27H33N7O. The molecule has 1 atom stereocenters. The summed E-state index contributed by atoms with van der Waals surface area (Å²) in [6, 6.07) is 12.4. The largest absolute Gasteiger partial charge is 0.322 e. The first-order chi connectivity index (χ1) is 17.0. The lowest BCUT2D eigenvalue weighted by molar-refractivity contribution is 0.123. The van der Waals surface area contributed by atoms with Gasteiger partial charge >= 0.3 is 0 Å². The van der Waals surface area contributed by atoms with Crippen molar-refractivity contribution in [3.8, 4) is 0 Å². The van der Waals surface area contributed by atoms with Crippen LogP contribution in [-0.4, -0.2) is 35.1 Å². The highest BCUT2D eigenvalue weighted by Gasteiger charge is 2.32. The number of aromatic nitrogens is 6. The topological polar surface area (TPSA) is 92.6 Å². The second kappa shape index (κ2) is 10.1. The van der Waals surface area contributed by atoms with Gasteiger partial charge in [-0.05, 0) is 71.3 Å². The van der Waals surface area contributed by atoms with Gasteiger partial charge in [0.1, 0.15) is 0 Å². The average Bonchev–Trinajstić information content (AvgIpc) is 3.52. The van der Waals surface area contributed by atoms with Gasteiger partial charge in [-0.15, -0.1) is 5.10 Å². The first-order valence-corrected chi connectivity index (χ1v) is 12.5. The molecule has 3 aromatic heterocycles. The van der Waals surface area contributed by atoms with E-state index in [0.29, 0.717) is 19.1 Å². The second-order valence-corrected chi connectivity index (χ2v) is 10.1. The van der Waals surface area contributed by atoms with Crippen LogP contribution in [0.5, 0.6) is 0 Å². The van der Waals surface area contributed by atoms with Crippen LogP contribution < -0.4 is 5.56 Å². The standard InChI is InChI=1S/C27H33N7O/c1-18(2)25(26-30-31-32-34(26)23-8-4-5-9-23)33(16-20-7-6-12-28-15-20)17-22-14-21-13-19(3)10-11-24(21)29-27(22)35/h6-7,10-15,18,23,25H,4-5,8-9,16-17H2,1-3H3,(H,29,35)/t25-/m1/s1. The predicted octanol–water partition coefficient (Wildman–Crippen LogP) is 4.73. The number of nitrogens with zero attached hydrogens (tertiary/aromatic N) is 6. The zero-order valence-corrected chi connectivity index (χ0v) is 20.7. The summed E-state index contributed by atoms with van der Waals surface area (Å²) in [4.78, 5) is 22.8. The van der Waals surface area contributed by atoms with E-state index < -0.39 is 0 Å². The van der Waals surface area contributed by atoms with E-state index >= 15 is 0 Å². The molecule has 1 aromatic carbocycles. The molecule has 1 N–H and O–H groups in total. The molecule has 1 saturated carbocycles. The number of benzene rings is 1. The third-order valence-corrected chi connectivity index (χ3v) is 7.04. The Morgan fingerprint density at radius 2 is 1.97 bits per heavy atom. The molecule has 1 aliphatic carbocycles. The lowest BCUT2D eigenvalue weighted by Gasteiger charge is -2.34. The lowest BCUT2D eigenvalue weighted by atomic mass is 9.99. The highest BCUT2D eigenvalue weighted by atomic mass is 16.1. The van der Waals surface area contributed by atoms with Crippen molar-refractivity contribution >= 4 is 10.9 Å².